The van der Waals surface area contributed by atoms with Crippen molar-refractivity contribution in [2.24, 2.45) is 0 Å². The Morgan fingerprint density at radius 3 is 2.81 bits per heavy atom. The number of hydrogen-bond acceptors (Lipinski definition) is 4. The molecule has 0 saturated carbocycles. The molecular formula is C15H21NO4S. The number of aryl methyl sites for hydroxylation is 1. The lowest BCUT2D eigenvalue weighted by atomic mass is 9.99. The number of fused-ring (bicyclic) bond motifs is 1. The van der Waals surface area contributed by atoms with Crippen LogP contribution in [-0.2, 0) is 21.2 Å². The number of benzene rings is 1. The lowest BCUT2D eigenvalue weighted by molar-refractivity contribution is 0.101. The molecule has 1 aromatic rings. The first-order chi connectivity index (χ1) is 9.95. The fraction of sp³-hybridized carbons (Fsp3) is 0.533. The standard InChI is InChI=1S/C15H21NO4S/c1-12(17)13-6-7-15-14(11-13)5-3-8-16(15)21(18,19)10-4-9-20-2/h6-7,11H,3-5,8-10H2,1-2H3. The van der Waals surface area contributed by atoms with Crippen molar-refractivity contribution < 1.29 is 17.9 Å². The van der Waals surface area contributed by atoms with Gasteiger partial charge in [0.1, 0.15) is 0 Å². The summed E-state index contributed by atoms with van der Waals surface area (Å²) in [5.74, 6) is 0.0761. The number of nitrogens with zero attached hydrogens (tertiary/aromatic N) is 1. The molecule has 0 spiro atoms. The maximum atomic E-state index is 12.4. The molecule has 116 valence electrons. The Morgan fingerprint density at radius 1 is 1.38 bits per heavy atom. The number of hydrogen-bond donors (Lipinski definition) is 0. The molecule has 0 amide bonds. The minimum Gasteiger partial charge on any atom is -0.385 e. The molecule has 1 aliphatic rings. The number of ether oxygens (including phenoxy) is 1. The SMILES string of the molecule is COCCCS(=O)(=O)N1CCCc2cc(C(C)=O)ccc21. The highest BCUT2D eigenvalue weighted by Gasteiger charge is 2.27. The normalized spacial score (nSPS) is 14.9. The molecule has 0 atom stereocenters. The summed E-state index contributed by atoms with van der Waals surface area (Å²) < 4.78 is 31.3. The number of methoxy groups -OCH3 is 1. The maximum absolute atomic E-state index is 12.4. The zero-order chi connectivity index (χ0) is 15.5. The van der Waals surface area contributed by atoms with Gasteiger partial charge in [0, 0.05) is 25.8 Å². The fourth-order valence-electron chi connectivity index (χ4n) is 2.57. The molecule has 1 aliphatic heterocycles. The van der Waals surface area contributed by atoms with E-state index in [4.69, 9.17) is 4.74 Å². The molecule has 0 fully saturated rings. The van der Waals surface area contributed by atoms with Gasteiger partial charge in [0.25, 0.3) is 0 Å². The summed E-state index contributed by atoms with van der Waals surface area (Å²) in [5.41, 5.74) is 2.28. The van der Waals surface area contributed by atoms with Crippen molar-refractivity contribution in [3.63, 3.8) is 0 Å². The summed E-state index contributed by atoms with van der Waals surface area (Å²) in [4.78, 5) is 11.4. The number of Topliss-reactive ketones (excluding diaryl/α,β-unsaturated/α-hetero) is 1. The van der Waals surface area contributed by atoms with Crippen molar-refractivity contribution in [3.8, 4) is 0 Å². The lowest BCUT2D eigenvalue weighted by Crippen LogP contribution is -2.37. The minimum absolute atomic E-state index is 0.00197. The summed E-state index contributed by atoms with van der Waals surface area (Å²) in [6, 6.07) is 5.26. The predicted molar refractivity (Wildman–Crippen MR) is 82.4 cm³/mol. The van der Waals surface area contributed by atoms with E-state index in [1.165, 1.54) is 11.2 Å². The van der Waals surface area contributed by atoms with Gasteiger partial charge in [0.2, 0.25) is 10.0 Å². The Balaban J connectivity index is 2.27. The molecule has 0 unspecified atom stereocenters. The third-order valence-corrected chi connectivity index (χ3v) is 5.50. The highest BCUT2D eigenvalue weighted by Crippen LogP contribution is 2.30. The molecule has 5 nitrogen and oxygen atoms in total. The van der Waals surface area contributed by atoms with Crippen molar-refractivity contribution >= 4 is 21.5 Å². The number of sulfonamides is 1. The molecular weight excluding hydrogens is 290 g/mol. The second-order valence-electron chi connectivity index (χ2n) is 5.24. The van der Waals surface area contributed by atoms with Crippen LogP contribution in [0.2, 0.25) is 0 Å². The van der Waals surface area contributed by atoms with Gasteiger partial charge in [0.05, 0.1) is 11.4 Å². The Labute approximate surface area is 126 Å². The van der Waals surface area contributed by atoms with Gasteiger partial charge in [0.15, 0.2) is 5.78 Å². The Hall–Kier alpha value is -1.40. The van der Waals surface area contributed by atoms with Crippen molar-refractivity contribution in [1.82, 2.24) is 0 Å². The van der Waals surface area contributed by atoms with Crippen LogP contribution in [-0.4, -0.2) is 40.2 Å². The first-order valence-corrected chi connectivity index (χ1v) is 8.70. The number of carbonyl (C=O) groups is 1. The smallest absolute Gasteiger partial charge is 0.235 e. The summed E-state index contributed by atoms with van der Waals surface area (Å²) in [6.07, 6.45) is 2.06. The topological polar surface area (TPSA) is 63.7 Å². The van der Waals surface area contributed by atoms with Crippen LogP contribution in [0.5, 0.6) is 0 Å². The van der Waals surface area contributed by atoms with E-state index >= 15 is 0 Å². The Morgan fingerprint density at radius 2 is 2.14 bits per heavy atom. The molecule has 21 heavy (non-hydrogen) atoms. The monoisotopic (exact) mass is 311 g/mol. The van der Waals surface area contributed by atoms with Crippen LogP contribution in [0.4, 0.5) is 5.69 Å². The van der Waals surface area contributed by atoms with E-state index < -0.39 is 10.0 Å². The highest BCUT2D eigenvalue weighted by molar-refractivity contribution is 7.92. The summed E-state index contributed by atoms with van der Waals surface area (Å²) in [6.45, 7) is 2.45. The molecule has 2 rings (SSSR count). The highest BCUT2D eigenvalue weighted by atomic mass is 32.2. The summed E-state index contributed by atoms with van der Waals surface area (Å²) in [7, 11) is -1.77. The molecule has 0 radical (unpaired) electrons. The van der Waals surface area contributed by atoms with Gasteiger partial charge in [-0.05, 0) is 49.9 Å². The molecule has 6 heteroatoms. The first kappa shape index (κ1) is 16.0. The molecule has 1 aromatic carbocycles. The Kier molecular flexibility index (Phi) is 5.00. The molecule has 0 N–H and O–H groups in total. The predicted octanol–water partition coefficient (Wildman–Crippen LogP) is 2.01. The second-order valence-corrected chi connectivity index (χ2v) is 7.25. The van der Waals surface area contributed by atoms with Gasteiger partial charge in [-0.15, -0.1) is 0 Å². The first-order valence-electron chi connectivity index (χ1n) is 7.09. The van der Waals surface area contributed by atoms with Gasteiger partial charge in [-0.25, -0.2) is 8.42 Å². The van der Waals surface area contributed by atoms with Gasteiger partial charge in [-0.2, -0.15) is 0 Å². The van der Waals surface area contributed by atoms with E-state index in [-0.39, 0.29) is 11.5 Å². The quantitative estimate of drug-likeness (QED) is 0.595. The zero-order valence-electron chi connectivity index (χ0n) is 12.5. The number of rotatable bonds is 6. The average Bonchev–Trinajstić information content (AvgIpc) is 2.46. The summed E-state index contributed by atoms with van der Waals surface area (Å²) in [5, 5.41) is 0. The average molecular weight is 311 g/mol. The largest absolute Gasteiger partial charge is 0.385 e. The molecule has 0 saturated heterocycles. The molecule has 0 aliphatic carbocycles. The van der Waals surface area contributed by atoms with Crippen LogP contribution >= 0.6 is 0 Å². The van der Waals surface area contributed by atoms with Crippen molar-refractivity contribution in [2.45, 2.75) is 26.2 Å². The van der Waals surface area contributed by atoms with Crippen LogP contribution in [0.3, 0.4) is 0 Å². The van der Waals surface area contributed by atoms with Crippen molar-refractivity contribution in [3.05, 3.63) is 29.3 Å². The number of ketones is 1. The van der Waals surface area contributed by atoms with Crippen molar-refractivity contribution in [2.75, 3.05) is 30.3 Å². The van der Waals surface area contributed by atoms with E-state index in [0.29, 0.717) is 30.8 Å². The second kappa shape index (κ2) is 6.58. The van der Waals surface area contributed by atoms with E-state index in [2.05, 4.69) is 0 Å². The zero-order valence-corrected chi connectivity index (χ0v) is 13.3. The van der Waals surface area contributed by atoms with Crippen LogP contribution in [0.25, 0.3) is 0 Å². The number of anilines is 1. The minimum atomic E-state index is -3.33. The van der Waals surface area contributed by atoms with E-state index in [1.807, 2.05) is 6.07 Å². The molecule has 1 heterocycles. The number of carbonyl (C=O) groups excluding carboxylic acids is 1. The third-order valence-electron chi connectivity index (χ3n) is 3.65. The van der Waals surface area contributed by atoms with Crippen LogP contribution < -0.4 is 4.31 Å². The lowest BCUT2D eigenvalue weighted by Gasteiger charge is -2.30. The van der Waals surface area contributed by atoms with Crippen molar-refractivity contribution in [1.29, 1.82) is 0 Å². The Bertz CT molecular complexity index is 625. The van der Waals surface area contributed by atoms with E-state index in [0.717, 1.165) is 18.4 Å². The third kappa shape index (κ3) is 3.63. The van der Waals surface area contributed by atoms with Gasteiger partial charge < -0.3 is 4.74 Å². The van der Waals surface area contributed by atoms with Crippen LogP contribution in [0, 0.1) is 0 Å². The summed E-state index contributed by atoms with van der Waals surface area (Å²) >= 11 is 0. The van der Waals surface area contributed by atoms with Gasteiger partial charge in [-0.1, -0.05) is 0 Å². The van der Waals surface area contributed by atoms with Gasteiger partial charge >= 0.3 is 0 Å². The maximum Gasteiger partial charge on any atom is 0.235 e. The molecule has 0 aromatic heterocycles. The van der Waals surface area contributed by atoms with E-state index in [1.54, 1.807) is 19.2 Å². The van der Waals surface area contributed by atoms with Gasteiger partial charge in [-0.3, -0.25) is 9.10 Å². The van der Waals surface area contributed by atoms with Crippen LogP contribution in [0.1, 0.15) is 35.7 Å². The van der Waals surface area contributed by atoms with E-state index in [9.17, 15) is 13.2 Å². The molecule has 0 bridgehead atoms. The van der Waals surface area contributed by atoms with Crippen LogP contribution in [0.15, 0.2) is 18.2 Å². The fourth-order valence-corrected chi connectivity index (χ4v) is 4.15.